The van der Waals surface area contributed by atoms with Crippen molar-refractivity contribution in [2.24, 2.45) is 4.99 Å². The summed E-state index contributed by atoms with van der Waals surface area (Å²) in [5.41, 5.74) is 1.09. The molecule has 122 valence electrons. The predicted octanol–water partition coefficient (Wildman–Crippen LogP) is 3.22. The van der Waals surface area contributed by atoms with Crippen molar-refractivity contribution in [2.75, 3.05) is 20.2 Å². The maximum absolute atomic E-state index is 5.67. The average molecular weight is 329 g/mol. The Balaban J connectivity index is 1.82. The monoisotopic (exact) mass is 329 g/mol. The number of aliphatic imine (C=N–C) groups is 1. The van der Waals surface area contributed by atoms with Gasteiger partial charge < -0.3 is 15.4 Å². The molecule has 2 rings (SSSR count). The number of nitrogens with zero attached hydrogens (tertiary/aromatic N) is 1. The summed E-state index contributed by atoms with van der Waals surface area (Å²) in [5, 5.41) is 8.75. The number of ether oxygens (including phenoxy) is 1. The Morgan fingerprint density at radius 2 is 2.13 bits per heavy atom. The molecule has 0 saturated carbocycles. The molecular weight excluding hydrogens is 306 g/mol. The molecule has 5 heteroatoms. The van der Waals surface area contributed by atoms with Crippen LogP contribution in [0.1, 0.15) is 10.4 Å². The zero-order valence-corrected chi connectivity index (χ0v) is 14.2. The Morgan fingerprint density at radius 3 is 2.87 bits per heavy atom. The Hall–Kier alpha value is -2.27. The van der Waals surface area contributed by atoms with Crippen LogP contribution in [0, 0.1) is 0 Å². The van der Waals surface area contributed by atoms with Crippen LogP contribution in [0.3, 0.4) is 0 Å². The van der Waals surface area contributed by atoms with Crippen LogP contribution in [0.15, 0.2) is 59.4 Å². The summed E-state index contributed by atoms with van der Waals surface area (Å²) in [5.74, 6) is 1.66. The van der Waals surface area contributed by atoms with Gasteiger partial charge in [0.2, 0.25) is 0 Å². The SMILES string of the molecule is C=CCOc1ccccc1CNC(=NC)NCCc1cccs1. The van der Waals surface area contributed by atoms with Gasteiger partial charge in [-0.15, -0.1) is 11.3 Å². The van der Waals surface area contributed by atoms with E-state index in [1.165, 1.54) is 4.88 Å². The van der Waals surface area contributed by atoms with Crippen molar-refractivity contribution in [3.8, 4) is 5.75 Å². The third kappa shape index (κ3) is 5.79. The molecule has 2 N–H and O–H groups in total. The first-order valence-electron chi connectivity index (χ1n) is 7.62. The largest absolute Gasteiger partial charge is 0.489 e. The molecule has 0 unspecified atom stereocenters. The van der Waals surface area contributed by atoms with E-state index in [-0.39, 0.29) is 0 Å². The molecule has 1 heterocycles. The van der Waals surface area contributed by atoms with Crippen LogP contribution < -0.4 is 15.4 Å². The van der Waals surface area contributed by atoms with Crippen LogP contribution in [0.4, 0.5) is 0 Å². The van der Waals surface area contributed by atoms with E-state index in [1.54, 1.807) is 24.5 Å². The first-order chi connectivity index (χ1) is 11.3. The molecule has 0 atom stereocenters. The molecule has 0 bridgehead atoms. The summed E-state index contributed by atoms with van der Waals surface area (Å²) in [6.45, 7) is 5.70. The van der Waals surface area contributed by atoms with Gasteiger partial charge in [-0.25, -0.2) is 0 Å². The van der Waals surface area contributed by atoms with Gasteiger partial charge >= 0.3 is 0 Å². The fourth-order valence-electron chi connectivity index (χ4n) is 2.10. The van der Waals surface area contributed by atoms with Gasteiger partial charge in [-0.2, -0.15) is 0 Å². The van der Waals surface area contributed by atoms with Gasteiger partial charge in [0.25, 0.3) is 0 Å². The summed E-state index contributed by atoms with van der Waals surface area (Å²) in [4.78, 5) is 5.63. The highest BCUT2D eigenvalue weighted by atomic mass is 32.1. The van der Waals surface area contributed by atoms with Gasteiger partial charge in [0, 0.05) is 30.6 Å². The molecule has 0 aliphatic carbocycles. The van der Waals surface area contributed by atoms with E-state index >= 15 is 0 Å². The van der Waals surface area contributed by atoms with Crippen LogP contribution in [-0.4, -0.2) is 26.2 Å². The Bertz CT molecular complexity index is 623. The fourth-order valence-corrected chi connectivity index (χ4v) is 2.81. The lowest BCUT2D eigenvalue weighted by Crippen LogP contribution is -2.37. The van der Waals surface area contributed by atoms with Crippen LogP contribution in [0.5, 0.6) is 5.75 Å². The first-order valence-corrected chi connectivity index (χ1v) is 8.50. The van der Waals surface area contributed by atoms with Crippen molar-refractivity contribution >= 4 is 17.3 Å². The van der Waals surface area contributed by atoms with Crippen molar-refractivity contribution in [1.82, 2.24) is 10.6 Å². The summed E-state index contributed by atoms with van der Waals surface area (Å²) in [6.07, 6.45) is 2.74. The lowest BCUT2D eigenvalue weighted by Gasteiger charge is -2.14. The highest BCUT2D eigenvalue weighted by Gasteiger charge is 2.04. The minimum absolute atomic E-state index is 0.505. The number of thiophene rings is 1. The molecule has 23 heavy (non-hydrogen) atoms. The van der Waals surface area contributed by atoms with Gasteiger partial charge in [-0.05, 0) is 23.9 Å². The van der Waals surface area contributed by atoms with Gasteiger partial charge in [0.1, 0.15) is 12.4 Å². The number of para-hydroxylation sites is 1. The molecule has 0 saturated heterocycles. The van der Waals surface area contributed by atoms with E-state index in [0.29, 0.717) is 13.2 Å². The third-order valence-corrected chi connectivity index (χ3v) is 4.18. The van der Waals surface area contributed by atoms with E-state index in [0.717, 1.165) is 30.2 Å². The number of nitrogens with one attached hydrogen (secondary N) is 2. The summed E-state index contributed by atoms with van der Waals surface area (Å²) in [6, 6.07) is 12.2. The minimum Gasteiger partial charge on any atom is -0.489 e. The third-order valence-electron chi connectivity index (χ3n) is 3.24. The number of hydrogen-bond acceptors (Lipinski definition) is 3. The standard InChI is InChI=1S/C18H23N3OS/c1-3-12-22-17-9-5-4-7-15(17)14-21-18(19-2)20-11-10-16-8-6-13-23-16/h3-9,13H,1,10-12,14H2,2H3,(H2,19,20,21). The van der Waals surface area contributed by atoms with Crippen LogP contribution in [0.2, 0.25) is 0 Å². The molecule has 0 aliphatic heterocycles. The van der Waals surface area contributed by atoms with E-state index in [1.807, 2.05) is 24.3 Å². The summed E-state index contributed by atoms with van der Waals surface area (Å²) in [7, 11) is 1.78. The highest BCUT2D eigenvalue weighted by Crippen LogP contribution is 2.17. The second-order valence-corrected chi connectivity index (χ2v) is 5.92. The predicted molar refractivity (Wildman–Crippen MR) is 98.4 cm³/mol. The van der Waals surface area contributed by atoms with E-state index < -0.39 is 0 Å². The van der Waals surface area contributed by atoms with Crippen molar-refractivity contribution in [1.29, 1.82) is 0 Å². The molecule has 2 aromatic rings. The number of benzene rings is 1. The van der Waals surface area contributed by atoms with Crippen molar-refractivity contribution in [2.45, 2.75) is 13.0 Å². The average Bonchev–Trinajstić information content (AvgIpc) is 3.10. The number of rotatable bonds is 8. The van der Waals surface area contributed by atoms with Gasteiger partial charge in [0.05, 0.1) is 0 Å². The lowest BCUT2D eigenvalue weighted by molar-refractivity contribution is 0.358. The normalized spacial score (nSPS) is 11.1. The molecule has 1 aromatic heterocycles. The lowest BCUT2D eigenvalue weighted by atomic mass is 10.2. The topological polar surface area (TPSA) is 45.6 Å². The molecule has 0 amide bonds. The van der Waals surface area contributed by atoms with E-state index in [9.17, 15) is 0 Å². The molecule has 0 radical (unpaired) electrons. The number of hydrogen-bond donors (Lipinski definition) is 2. The molecule has 0 fully saturated rings. The van der Waals surface area contributed by atoms with Gasteiger partial charge in [0.15, 0.2) is 5.96 Å². The summed E-state index contributed by atoms with van der Waals surface area (Å²) < 4.78 is 5.67. The molecule has 1 aromatic carbocycles. The van der Waals surface area contributed by atoms with Crippen molar-refractivity contribution in [3.05, 3.63) is 64.9 Å². The summed E-state index contributed by atoms with van der Waals surface area (Å²) >= 11 is 1.78. The van der Waals surface area contributed by atoms with Crippen molar-refractivity contribution < 1.29 is 4.74 Å². The van der Waals surface area contributed by atoms with Crippen molar-refractivity contribution in [3.63, 3.8) is 0 Å². The van der Waals surface area contributed by atoms with Crippen LogP contribution in [-0.2, 0) is 13.0 Å². The quantitative estimate of drug-likeness (QED) is 0.444. The van der Waals surface area contributed by atoms with Crippen LogP contribution in [0.25, 0.3) is 0 Å². The zero-order chi connectivity index (χ0) is 16.3. The molecule has 4 nitrogen and oxygen atoms in total. The Kier molecular flexibility index (Phi) is 7.20. The molecule has 0 aliphatic rings. The second kappa shape index (κ2) is 9.69. The highest BCUT2D eigenvalue weighted by molar-refractivity contribution is 7.09. The maximum Gasteiger partial charge on any atom is 0.191 e. The number of guanidine groups is 1. The Morgan fingerprint density at radius 1 is 1.26 bits per heavy atom. The van der Waals surface area contributed by atoms with Crippen LogP contribution >= 0.6 is 11.3 Å². The minimum atomic E-state index is 0.505. The van der Waals surface area contributed by atoms with E-state index in [4.69, 9.17) is 4.74 Å². The maximum atomic E-state index is 5.67. The zero-order valence-electron chi connectivity index (χ0n) is 13.4. The first kappa shape index (κ1) is 17.1. The Labute approximate surface area is 141 Å². The molecule has 0 spiro atoms. The van der Waals surface area contributed by atoms with Gasteiger partial charge in [-0.3, -0.25) is 4.99 Å². The smallest absolute Gasteiger partial charge is 0.191 e. The molecular formula is C18H23N3OS. The fraction of sp³-hybridized carbons (Fsp3) is 0.278. The second-order valence-electron chi connectivity index (χ2n) is 4.89. The van der Waals surface area contributed by atoms with E-state index in [2.05, 4.69) is 39.7 Å². The van der Waals surface area contributed by atoms with Gasteiger partial charge in [-0.1, -0.05) is 36.9 Å².